The lowest BCUT2D eigenvalue weighted by atomic mass is 10.4. The van der Waals surface area contributed by atoms with Gasteiger partial charge in [-0.2, -0.15) is 0 Å². The van der Waals surface area contributed by atoms with Crippen LogP contribution in [0, 0.1) is 368 Å². The third-order valence-electron chi connectivity index (χ3n) is 3.70. The summed E-state index contributed by atoms with van der Waals surface area (Å²) < 4.78 is 0. The van der Waals surface area contributed by atoms with E-state index in [1.54, 1.807) is 0 Å². The number of hydrogen-bond donors (Lipinski definition) is 0. The molecule has 0 aliphatic heterocycles. The first kappa shape index (κ1) is 48.4. The maximum Gasteiger partial charge on any atom is 0 e. The molecule has 0 saturated heterocycles. The zero-order valence-corrected chi connectivity index (χ0v) is 31.1. The van der Waals surface area contributed by atoms with Gasteiger partial charge in [0.15, 0.2) is 0 Å². The van der Waals surface area contributed by atoms with Crippen molar-refractivity contribution >= 4 is 0 Å². The Morgan fingerprint density at radius 3 is 0.290 bits per heavy atom. The molecule has 0 nitrogen and oxygen atoms in total. The van der Waals surface area contributed by atoms with Crippen molar-refractivity contribution < 1.29 is 0 Å². The van der Waals surface area contributed by atoms with Gasteiger partial charge in [-0.25, -0.2) is 5.92 Å². The highest BCUT2D eigenvalue weighted by Crippen LogP contribution is 1.63. The van der Waals surface area contributed by atoms with E-state index in [1.165, 1.54) is 0 Å². The fourth-order valence-electron chi connectivity index (χ4n) is 1.82. The van der Waals surface area contributed by atoms with Gasteiger partial charge in [0.2, 0.25) is 0 Å². The second kappa shape index (κ2) is 47.4. The largest absolute Gasteiger partial charge is 0.358 e. The lowest BCUT2D eigenvalue weighted by Gasteiger charge is -1.63. The third kappa shape index (κ3) is 46.4. The van der Waals surface area contributed by atoms with Gasteiger partial charge in [0.05, 0.1) is 0 Å². The van der Waals surface area contributed by atoms with Gasteiger partial charge < -0.3 is 6.42 Å². The molecule has 0 unspecified atom stereocenters. The van der Waals surface area contributed by atoms with Crippen LogP contribution < -0.4 is 0 Å². The summed E-state index contributed by atoms with van der Waals surface area (Å²) in [5.74, 6) is 147. The van der Waals surface area contributed by atoms with Crippen LogP contribution >= 0.6 is 0 Å². The molecular formula is C62H-. The quantitative estimate of drug-likeness (QED) is 0.248. The molecule has 0 heterocycles. The van der Waals surface area contributed by atoms with Crippen molar-refractivity contribution in [1.82, 2.24) is 0 Å². The zero-order chi connectivity index (χ0) is 44.4. The Labute approximate surface area is 366 Å². The summed E-state index contributed by atoms with van der Waals surface area (Å²) >= 11 is 0. The summed E-state index contributed by atoms with van der Waals surface area (Å²) in [5, 5.41) is 0. The van der Waals surface area contributed by atoms with E-state index in [0.717, 1.165) is 0 Å². The topological polar surface area (TPSA) is 0 Å². The highest BCUT2D eigenvalue weighted by molar-refractivity contribution is 5.52. The first-order chi connectivity index (χ1) is 30.9. The van der Waals surface area contributed by atoms with Crippen LogP contribution in [0.4, 0.5) is 0 Å². The van der Waals surface area contributed by atoms with Crippen molar-refractivity contribution in [2.75, 3.05) is 0 Å². The van der Waals surface area contributed by atoms with Gasteiger partial charge in [0.1, 0.15) is 0 Å². The molecule has 0 fully saturated rings. The van der Waals surface area contributed by atoms with Crippen molar-refractivity contribution in [3.05, 3.63) is 6.42 Å². The molecule has 0 aliphatic carbocycles. The van der Waals surface area contributed by atoms with E-state index in [1.807, 2.05) is 5.92 Å². The zero-order valence-electron chi connectivity index (χ0n) is 31.1. The molecule has 0 aromatic heterocycles. The van der Waals surface area contributed by atoms with E-state index in [9.17, 15) is 0 Å². The van der Waals surface area contributed by atoms with Crippen LogP contribution in [0.5, 0.6) is 0 Å². The summed E-state index contributed by atoms with van der Waals surface area (Å²) in [5.41, 5.74) is 0. The molecule has 0 bridgehead atoms. The van der Waals surface area contributed by atoms with E-state index in [2.05, 4.69) is 349 Å². The van der Waals surface area contributed by atoms with Crippen LogP contribution in [0.2, 0.25) is 0 Å². The Kier molecular flexibility index (Phi) is 36.9. The van der Waals surface area contributed by atoms with Gasteiger partial charge in [-0.15, -0.1) is 12.3 Å². The molecule has 0 aromatic carbocycles. The standard InChI is InChI=1S/C62H/c1-3-5-7-9-11-13-15-17-19-21-23-25-27-29-31-33-35-37-39-41-43-45-47-49-51-53-55-57-59-61-62-60-58-56-54-52-50-48-46-44-42-40-38-36-34-32-30-28-26-24-22-20-18-16-14-12-10-8-6-4-2/h1H/q-1. The van der Waals surface area contributed by atoms with Crippen LogP contribution in [0.15, 0.2) is 0 Å². The second-order valence-corrected chi connectivity index (χ2v) is 7.52. The van der Waals surface area contributed by atoms with Crippen LogP contribution in [0.25, 0.3) is 0 Å². The van der Waals surface area contributed by atoms with Gasteiger partial charge in [0.25, 0.3) is 0 Å². The Bertz CT molecular complexity index is 3720. The van der Waals surface area contributed by atoms with Crippen molar-refractivity contribution in [2.24, 2.45) is 0 Å². The first-order valence-corrected chi connectivity index (χ1v) is 15.3. The Morgan fingerprint density at radius 2 is 0.210 bits per heavy atom. The van der Waals surface area contributed by atoms with Crippen molar-refractivity contribution in [3.8, 4) is 362 Å². The molecule has 0 N–H and O–H groups in total. The normalized spacial score (nSPS) is 3.90. The molecular weight excluding hydrogens is 745 g/mol. The minimum Gasteiger partial charge on any atom is -0.358 e. The highest BCUT2D eigenvalue weighted by atomic mass is 13.6. The van der Waals surface area contributed by atoms with Crippen LogP contribution in [0.3, 0.4) is 0 Å². The molecule has 0 saturated carbocycles. The minimum atomic E-state index is 1.87. The fourth-order valence-corrected chi connectivity index (χ4v) is 1.82. The smallest absolute Gasteiger partial charge is 0 e. The number of terminal acetylenes is 1. The lowest BCUT2D eigenvalue weighted by molar-refractivity contribution is 2.31. The average Bonchev–Trinajstić information content (AvgIpc) is 3.28. The summed E-state index contributed by atoms with van der Waals surface area (Å²) in [6.45, 7) is 0. The van der Waals surface area contributed by atoms with E-state index >= 15 is 0 Å². The van der Waals surface area contributed by atoms with E-state index in [4.69, 9.17) is 12.8 Å². The summed E-state index contributed by atoms with van der Waals surface area (Å²) in [6, 6.07) is 0. The Hall–Kier alpha value is -13.6. The monoisotopic (exact) mass is 745 g/mol. The molecule has 0 aliphatic rings. The molecule has 0 atom stereocenters. The SMILES string of the molecule is [C-]#CC#CC#CC#CC#CC#CC#CC#CC#CC#CC#CC#CC#CC#CC#CC#CC#CC#CC#CC#CC#CC#CC#CC#CC#CC#CC#CC#CC#CC#CC#C. The first-order valence-electron chi connectivity index (χ1n) is 15.3. The molecule has 0 heteroatoms. The summed E-state index contributed by atoms with van der Waals surface area (Å²) in [4.78, 5) is 0. The van der Waals surface area contributed by atoms with Crippen LogP contribution in [-0.2, 0) is 0 Å². The fraction of sp³-hybridized carbons (Fsp3) is 0. The van der Waals surface area contributed by atoms with Crippen LogP contribution in [-0.4, -0.2) is 0 Å². The van der Waals surface area contributed by atoms with E-state index in [0.29, 0.717) is 0 Å². The van der Waals surface area contributed by atoms with Gasteiger partial charge in [0, 0.05) is 243 Å². The van der Waals surface area contributed by atoms with Crippen molar-refractivity contribution in [1.29, 1.82) is 0 Å². The molecule has 0 aromatic rings. The van der Waals surface area contributed by atoms with Gasteiger partial charge in [-0.1, -0.05) is 0 Å². The Balaban J connectivity index is 4.59. The molecule has 0 radical (unpaired) electrons. The predicted octanol–water partition coefficient (Wildman–Crippen LogP) is 0.308. The Morgan fingerprint density at radius 1 is 0.129 bits per heavy atom. The maximum absolute atomic E-state index is 6.57. The van der Waals surface area contributed by atoms with Gasteiger partial charge >= 0.3 is 0 Å². The number of hydrogen-bond acceptors (Lipinski definition) is 0. The summed E-state index contributed by atoms with van der Waals surface area (Å²) in [7, 11) is 0. The maximum atomic E-state index is 6.57. The van der Waals surface area contributed by atoms with E-state index < -0.39 is 0 Å². The third-order valence-corrected chi connectivity index (χ3v) is 3.70. The van der Waals surface area contributed by atoms with Crippen LogP contribution in [0.1, 0.15) is 0 Å². The number of rotatable bonds is 0. The lowest BCUT2D eigenvalue weighted by Crippen LogP contribution is -1.57. The molecule has 250 valence electrons. The van der Waals surface area contributed by atoms with E-state index in [-0.39, 0.29) is 0 Å². The molecule has 0 amide bonds. The predicted molar refractivity (Wildman–Crippen MR) is 241 cm³/mol. The molecule has 62 heavy (non-hydrogen) atoms. The molecule has 0 spiro atoms. The van der Waals surface area contributed by atoms with Gasteiger partial charge in [-0.05, 0) is 94.7 Å². The molecule has 0 rings (SSSR count). The summed E-state index contributed by atoms with van der Waals surface area (Å²) in [6.07, 6.45) is 11.5. The second-order valence-electron chi connectivity index (χ2n) is 7.52. The van der Waals surface area contributed by atoms with Crippen molar-refractivity contribution in [2.45, 2.75) is 0 Å². The van der Waals surface area contributed by atoms with Crippen molar-refractivity contribution in [3.63, 3.8) is 0 Å². The average molecular weight is 746 g/mol. The minimum absolute atomic E-state index is 1.87. The van der Waals surface area contributed by atoms with Gasteiger partial charge in [-0.3, -0.25) is 5.92 Å². The highest BCUT2D eigenvalue weighted by Gasteiger charge is 1.63.